The van der Waals surface area contributed by atoms with E-state index in [-0.39, 0.29) is 6.04 Å². The largest absolute Gasteiger partial charge is 0.271 e. The van der Waals surface area contributed by atoms with Crippen molar-refractivity contribution in [3.05, 3.63) is 11.4 Å². The molecule has 0 unspecified atom stereocenters. The summed E-state index contributed by atoms with van der Waals surface area (Å²) in [5, 5.41) is 4.10. The molecular weight excluding hydrogens is 214 g/mol. The lowest BCUT2D eigenvalue weighted by Crippen LogP contribution is -2.26. The van der Waals surface area contributed by atoms with E-state index < -0.39 is 10.0 Å². The van der Waals surface area contributed by atoms with Gasteiger partial charge in [-0.25, -0.2) is 13.1 Å². The highest BCUT2D eigenvalue weighted by Crippen LogP contribution is 2.24. The summed E-state index contributed by atoms with van der Waals surface area (Å²) >= 11 is 0. The van der Waals surface area contributed by atoms with Crippen LogP contribution in [0.5, 0.6) is 0 Å². The van der Waals surface area contributed by atoms with Crippen molar-refractivity contribution < 1.29 is 8.42 Å². The quantitative estimate of drug-likeness (QED) is 0.819. The zero-order valence-corrected chi connectivity index (χ0v) is 9.93. The highest BCUT2D eigenvalue weighted by Gasteiger charge is 2.31. The van der Waals surface area contributed by atoms with Crippen molar-refractivity contribution in [2.75, 3.05) is 0 Å². The molecule has 0 radical (unpaired) electrons. The Balaban J connectivity index is 2.42. The molecule has 0 bridgehead atoms. The van der Waals surface area contributed by atoms with Crippen LogP contribution in [-0.2, 0) is 17.1 Å². The van der Waals surface area contributed by atoms with Gasteiger partial charge in [0.1, 0.15) is 4.90 Å². The molecule has 0 saturated heterocycles. The fourth-order valence-electron chi connectivity index (χ4n) is 1.62. The molecule has 84 valence electrons. The Morgan fingerprint density at radius 3 is 2.40 bits per heavy atom. The minimum absolute atomic E-state index is 0.133. The fraction of sp³-hybridized carbons (Fsp3) is 0.667. The third kappa shape index (κ3) is 1.91. The molecule has 1 aromatic rings. The van der Waals surface area contributed by atoms with Gasteiger partial charge in [-0.15, -0.1) is 0 Å². The number of hydrogen-bond acceptors (Lipinski definition) is 3. The second-order valence-corrected chi connectivity index (χ2v) is 5.67. The van der Waals surface area contributed by atoms with Crippen LogP contribution in [0.2, 0.25) is 0 Å². The molecule has 0 amide bonds. The zero-order chi connectivity index (χ0) is 11.2. The van der Waals surface area contributed by atoms with Crippen LogP contribution in [0.1, 0.15) is 24.2 Å². The van der Waals surface area contributed by atoms with Crippen LogP contribution in [0.25, 0.3) is 0 Å². The molecule has 1 N–H and O–H groups in total. The predicted molar refractivity (Wildman–Crippen MR) is 56.0 cm³/mol. The standard InChI is InChI=1S/C9H15N3O2S/c1-6-9(7(2)12(3)10-6)15(13,14)11-8-4-5-8/h8,11H,4-5H2,1-3H3. The molecule has 1 aromatic heterocycles. The number of aryl methyl sites for hydroxylation is 2. The maximum absolute atomic E-state index is 12.0. The minimum atomic E-state index is -3.37. The van der Waals surface area contributed by atoms with E-state index >= 15 is 0 Å². The van der Waals surface area contributed by atoms with Crippen molar-refractivity contribution in [2.45, 2.75) is 37.6 Å². The Hall–Kier alpha value is -0.880. The van der Waals surface area contributed by atoms with E-state index in [9.17, 15) is 8.42 Å². The summed E-state index contributed by atoms with van der Waals surface area (Å²) in [7, 11) is -1.62. The molecule has 0 aliphatic heterocycles. The lowest BCUT2D eigenvalue weighted by molar-refractivity contribution is 0.579. The van der Waals surface area contributed by atoms with Crippen LogP contribution in [0.3, 0.4) is 0 Å². The topological polar surface area (TPSA) is 64.0 Å². The van der Waals surface area contributed by atoms with Crippen molar-refractivity contribution in [1.82, 2.24) is 14.5 Å². The molecule has 1 fully saturated rings. The van der Waals surface area contributed by atoms with Crippen molar-refractivity contribution in [2.24, 2.45) is 7.05 Å². The van der Waals surface area contributed by atoms with E-state index in [1.807, 2.05) is 0 Å². The van der Waals surface area contributed by atoms with Crippen LogP contribution in [-0.4, -0.2) is 24.2 Å². The molecule has 1 saturated carbocycles. The normalized spacial score (nSPS) is 17.0. The first-order valence-corrected chi connectivity index (χ1v) is 6.42. The van der Waals surface area contributed by atoms with Gasteiger partial charge in [0.2, 0.25) is 10.0 Å². The van der Waals surface area contributed by atoms with Gasteiger partial charge in [0.25, 0.3) is 0 Å². The molecule has 2 rings (SSSR count). The van der Waals surface area contributed by atoms with Gasteiger partial charge in [0.05, 0.1) is 11.4 Å². The molecule has 0 spiro atoms. The Labute approximate surface area is 89.5 Å². The van der Waals surface area contributed by atoms with Gasteiger partial charge >= 0.3 is 0 Å². The van der Waals surface area contributed by atoms with Gasteiger partial charge in [-0.2, -0.15) is 5.10 Å². The van der Waals surface area contributed by atoms with Crippen molar-refractivity contribution in [3.8, 4) is 0 Å². The van der Waals surface area contributed by atoms with Crippen LogP contribution in [0.4, 0.5) is 0 Å². The van der Waals surface area contributed by atoms with Crippen molar-refractivity contribution >= 4 is 10.0 Å². The maximum atomic E-state index is 12.0. The second kappa shape index (κ2) is 3.31. The number of rotatable bonds is 3. The average molecular weight is 229 g/mol. The first-order chi connectivity index (χ1) is 6.92. The third-order valence-electron chi connectivity index (χ3n) is 2.61. The zero-order valence-electron chi connectivity index (χ0n) is 9.11. The highest BCUT2D eigenvalue weighted by molar-refractivity contribution is 7.89. The summed E-state index contributed by atoms with van der Waals surface area (Å²) in [5.74, 6) is 0. The minimum Gasteiger partial charge on any atom is -0.271 e. The van der Waals surface area contributed by atoms with Gasteiger partial charge in [0, 0.05) is 13.1 Å². The molecule has 6 heteroatoms. The van der Waals surface area contributed by atoms with Crippen molar-refractivity contribution in [1.29, 1.82) is 0 Å². The number of nitrogens with zero attached hydrogens (tertiary/aromatic N) is 2. The van der Waals surface area contributed by atoms with Crippen molar-refractivity contribution in [3.63, 3.8) is 0 Å². The van der Waals surface area contributed by atoms with E-state index in [4.69, 9.17) is 0 Å². The predicted octanol–water partition coefficient (Wildman–Crippen LogP) is 0.478. The molecule has 0 aromatic carbocycles. The van der Waals surface area contributed by atoms with Crippen LogP contribution >= 0.6 is 0 Å². The van der Waals surface area contributed by atoms with Gasteiger partial charge in [-0.3, -0.25) is 4.68 Å². The summed E-state index contributed by atoms with van der Waals surface area (Å²) in [6, 6.07) is 0.133. The number of aromatic nitrogens is 2. The Morgan fingerprint density at radius 2 is 2.00 bits per heavy atom. The van der Waals surface area contributed by atoms with E-state index in [0.717, 1.165) is 12.8 Å². The monoisotopic (exact) mass is 229 g/mol. The van der Waals surface area contributed by atoms with E-state index in [1.54, 1.807) is 25.6 Å². The lowest BCUT2D eigenvalue weighted by atomic mass is 10.4. The maximum Gasteiger partial charge on any atom is 0.244 e. The number of hydrogen-bond donors (Lipinski definition) is 1. The van der Waals surface area contributed by atoms with Gasteiger partial charge in [-0.05, 0) is 26.7 Å². The summed E-state index contributed by atoms with van der Waals surface area (Å²) in [5.41, 5.74) is 1.24. The number of sulfonamides is 1. The second-order valence-electron chi connectivity index (χ2n) is 4.02. The Bertz CT molecular complexity index is 486. The van der Waals surface area contributed by atoms with Crippen LogP contribution in [0.15, 0.2) is 4.90 Å². The molecular formula is C9H15N3O2S. The molecule has 15 heavy (non-hydrogen) atoms. The molecule has 0 atom stereocenters. The summed E-state index contributed by atoms with van der Waals surface area (Å²) in [6.45, 7) is 3.48. The van der Waals surface area contributed by atoms with E-state index in [1.165, 1.54) is 0 Å². The summed E-state index contributed by atoms with van der Waals surface area (Å²) in [6.07, 6.45) is 1.88. The van der Waals surface area contributed by atoms with Crippen LogP contribution in [0, 0.1) is 13.8 Å². The average Bonchev–Trinajstić information content (AvgIpc) is 2.81. The third-order valence-corrected chi connectivity index (χ3v) is 4.38. The van der Waals surface area contributed by atoms with Gasteiger partial charge in [0.15, 0.2) is 0 Å². The Kier molecular flexibility index (Phi) is 2.35. The van der Waals surface area contributed by atoms with Gasteiger partial charge in [-0.1, -0.05) is 0 Å². The summed E-state index contributed by atoms with van der Waals surface area (Å²) < 4.78 is 28.2. The first-order valence-electron chi connectivity index (χ1n) is 4.94. The van der Waals surface area contributed by atoms with E-state index in [2.05, 4.69) is 9.82 Å². The molecule has 1 heterocycles. The smallest absolute Gasteiger partial charge is 0.244 e. The Morgan fingerprint density at radius 1 is 1.40 bits per heavy atom. The lowest BCUT2D eigenvalue weighted by Gasteiger charge is -2.05. The van der Waals surface area contributed by atoms with E-state index in [0.29, 0.717) is 16.3 Å². The summed E-state index contributed by atoms with van der Waals surface area (Å²) in [4.78, 5) is 0.330. The highest BCUT2D eigenvalue weighted by atomic mass is 32.2. The number of nitrogens with one attached hydrogen (secondary N) is 1. The fourth-order valence-corrected chi connectivity index (χ4v) is 3.37. The van der Waals surface area contributed by atoms with Gasteiger partial charge < -0.3 is 0 Å². The molecule has 1 aliphatic rings. The molecule has 1 aliphatic carbocycles. The van der Waals surface area contributed by atoms with Crippen LogP contribution < -0.4 is 4.72 Å². The first kappa shape index (κ1) is 10.6. The molecule has 5 nitrogen and oxygen atoms in total. The SMILES string of the molecule is Cc1nn(C)c(C)c1S(=O)(=O)NC1CC1.